The van der Waals surface area contributed by atoms with Gasteiger partial charge in [0.15, 0.2) is 0 Å². The highest BCUT2D eigenvalue weighted by molar-refractivity contribution is 6.04. The van der Waals surface area contributed by atoms with Gasteiger partial charge >= 0.3 is 6.03 Å². The summed E-state index contributed by atoms with van der Waals surface area (Å²) in [4.78, 5) is 27.2. The van der Waals surface area contributed by atoms with Crippen molar-refractivity contribution in [3.05, 3.63) is 103 Å². The molecule has 0 aliphatic rings. The van der Waals surface area contributed by atoms with Crippen molar-refractivity contribution in [1.82, 2.24) is 15.0 Å². The van der Waals surface area contributed by atoms with E-state index in [1.807, 2.05) is 78.9 Å². The number of rotatable bonds is 7. The first-order valence-electron chi connectivity index (χ1n) is 11.4. The summed E-state index contributed by atoms with van der Waals surface area (Å²) in [6, 6.07) is 26.1. The van der Waals surface area contributed by atoms with Gasteiger partial charge in [-0.05, 0) is 35.9 Å². The van der Waals surface area contributed by atoms with Gasteiger partial charge in [-0.25, -0.2) is 19.7 Å². The molecule has 5 rings (SSSR count). The van der Waals surface area contributed by atoms with E-state index in [1.165, 1.54) is 0 Å². The van der Waals surface area contributed by atoms with E-state index in [-0.39, 0.29) is 0 Å². The molecule has 0 radical (unpaired) electrons. The normalized spacial score (nSPS) is 10.7. The van der Waals surface area contributed by atoms with E-state index in [0.29, 0.717) is 35.5 Å². The molecule has 8 heteroatoms. The molecule has 2 heterocycles. The Kier molecular flexibility index (Phi) is 6.40. The summed E-state index contributed by atoms with van der Waals surface area (Å²) in [5.74, 6) is 1.51. The number of nitrogens with two attached hydrogens (primary N) is 1. The van der Waals surface area contributed by atoms with Gasteiger partial charge in [0.2, 0.25) is 11.8 Å². The van der Waals surface area contributed by atoms with Crippen LogP contribution in [0.15, 0.2) is 97.3 Å². The second-order valence-corrected chi connectivity index (χ2v) is 8.01. The zero-order valence-electron chi connectivity index (χ0n) is 19.6. The quantitative estimate of drug-likeness (QED) is 0.316. The van der Waals surface area contributed by atoms with Crippen LogP contribution in [0.5, 0.6) is 11.6 Å². The maximum atomic E-state index is 12.5. The third-order valence-electron chi connectivity index (χ3n) is 5.73. The number of amides is 2. The number of anilines is 2. The molecule has 0 bridgehead atoms. The number of urea groups is 1. The Labute approximate surface area is 208 Å². The standard InChI is InChI=1S/C28H24N6O2/c1-30-28-32-17-15-23(33-28)22-12-7-16-31-26(22)36-25-14-13-24(20-10-5-6-11-21(20)25)34(27(29)35)18-19-8-3-2-4-9-19/h2-17H,18H2,1H3,(H2,29,35)(H,30,32,33). The minimum Gasteiger partial charge on any atom is -0.438 e. The summed E-state index contributed by atoms with van der Waals surface area (Å²) in [7, 11) is 1.76. The Morgan fingerprint density at radius 1 is 0.889 bits per heavy atom. The molecule has 0 atom stereocenters. The molecule has 5 aromatic rings. The molecule has 178 valence electrons. The molecule has 36 heavy (non-hydrogen) atoms. The summed E-state index contributed by atoms with van der Waals surface area (Å²) in [5, 5.41) is 4.61. The highest BCUT2D eigenvalue weighted by Gasteiger charge is 2.19. The second kappa shape index (κ2) is 10.1. The predicted octanol–water partition coefficient (Wildman–Crippen LogP) is 5.61. The minimum atomic E-state index is -0.534. The number of pyridine rings is 1. The number of nitrogens with zero attached hydrogens (tertiary/aromatic N) is 4. The molecule has 0 fully saturated rings. The number of carbonyl (C=O) groups excluding carboxylic acids is 1. The Morgan fingerprint density at radius 3 is 2.44 bits per heavy atom. The number of fused-ring (bicyclic) bond motifs is 1. The van der Waals surface area contributed by atoms with Gasteiger partial charge in [0.25, 0.3) is 0 Å². The number of nitrogens with one attached hydrogen (secondary N) is 1. The number of aromatic nitrogens is 3. The van der Waals surface area contributed by atoms with Gasteiger partial charge < -0.3 is 15.8 Å². The average Bonchev–Trinajstić information content (AvgIpc) is 2.93. The predicted molar refractivity (Wildman–Crippen MR) is 141 cm³/mol. The monoisotopic (exact) mass is 476 g/mol. The molecule has 8 nitrogen and oxygen atoms in total. The van der Waals surface area contributed by atoms with Crippen molar-refractivity contribution in [3.63, 3.8) is 0 Å². The lowest BCUT2D eigenvalue weighted by atomic mass is 10.1. The van der Waals surface area contributed by atoms with Crippen LogP contribution in [0.1, 0.15) is 5.56 Å². The molecule has 0 aliphatic heterocycles. The van der Waals surface area contributed by atoms with Gasteiger partial charge in [-0.3, -0.25) is 4.90 Å². The van der Waals surface area contributed by atoms with Crippen molar-refractivity contribution >= 4 is 28.4 Å². The van der Waals surface area contributed by atoms with Crippen LogP contribution < -0.4 is 20.7 Å². The van der Waals surface area contributed by atoms with Crippen LogP contribution >= 0.6 is 0 Å². The van der Waals surface area contributed by atoms with E-state index in [9.17, 15) is 4.79 Å². The molecular formula is C28H24N6O2. The van der Waals surface area contributed by atoms with Gasteiger partial charge in [-0.1, -0.05) is 54.6 Å². The fraction of sp³-hybridized carbons (Fsp3) is 0.0714. The van der Waals surface area contributed by atoms with E-state index in [0.717, 1.165) is 21.9 Å². The highest BCUT2D eigenvalue weighted by Crippen LogP contribution is 2.38. The SMILES string of the molecule is CNc1nccc(-c2cccnc2Oc2ccc(N(Cc3ccccc3)C(N)=O)c3ccccc23)n1. The van der Waals surface area contributed by atoms with Crippen molar-refractivity contribution in [2.75, 3.05) is 17.3 Å². The molecule has 3 N–H and O–H groups in total. The van der Waals surface area contributed by atoms with Gasteiger partial charge in [0.1, 0.15) is 5.75 Å². The summed E-state index contributed by atoms with van der Waals surface area (Å²) in [6.45, 7) is 0.353. The molecule has 0 aliphatic carbocycles. The highest BCUT2D eigenvalue weighted by atomic mass is 16.5. The van der Waals surface area contributed by atoms with Crippen molar-refractivity contribution in [2.24, 2.45) is 5.73 Å². The van der Waals surface area contributed by atoms with Crippen LogP contribution in [-0.4, -0.2) is 28.0 Å². The Morgan fingerprint density at radius 2 is 1.67 bits per heavy atom. The first-order valence-corrected chi connectivity index (χ1v) is 11.4. The van der Waals surface area contributed by atoms with Crippen LogP contribution in [0, 0.1) is 0 Å². The van der Waals surface area contributed by atoms with Crippen LogP contribution in [0.4, 0.5) is 16.4 Å². The van der Waals surface area contributed by atoms with E-state index in [2.05, 4.69) is 20.3 Å². The molecule has 0 unspecified atom stereocenters. The molecule has 0 saturated carbocycles. The third-order valence-corrected chi connectivity index (χ3v) is 5.73. The fourth-order valence-corrected chi connectivity index (χ4v) is 4.03. The second-order valence-electron chi connectivity index (χ2n) is 8.01. The maximum Gasteiger partial charge on any atom is 0.319 e. The number of hydrogen-bond donors (Lipinski definition) is 2. The van der Waals surface area contributed by atoms with Crippen LogP contribution in [-0.2, 0) is 6.54 Å². The van der Waals surface area contributed by atoms with Gasteiger partial charge in [0.05, 0.1) is 23.5 Å². The zero-order valence-corrected chi connectivity index (χ0v) is 19.6. The van der Waals surface area contributed by atoms with Gasteiger partial charge in [0, 0.05) is 30.2 Å². The Hall–Kier alpha value is -4.98. The average molecular weight is 477 g/mol. The van der Waals surface area contributed by atoms with Crippen LogP contribution in [0.2, 0.25) is 0 Å². The lowest BCUT2D eigenvalue weighted by Gasteiger charge is -2.23. The number of ether oxygens (including phenoxy) is 1. The van der Waals surface area contributed by atoms with E-state index < -0.39 is 6.03 Å². The topological polar surface area (TPSA) is 106 Å². The van der Waals surface area contributed by atoms with E-state index in [4.69, 9.17) is 10.5 Å². The first kappa shape index (κ1) is 22.8. The summed E-state index contributed by atoms with van der Waals surface area (Å²) >= 11 is 0. The number of carbonyl (C=O) groups is 1. The molecule has 2 aromatic heterocycles. The molecule has 2 amide bonds. The largest absolute Gasteiger partial charge is 0.438 e. The van der Waals surface area contributed by atoms with Crippen molar-refractivity contribution in [2.45, 2.75) is 6.54 Å². The van der Waals surface area contributed by atoms with Gasteiger partial charge in [-0.2, -0.15) is 0 Å². The summed E-state index contributed by atoms with van der Waals surface area (Å²) < 4.78 is 6.34. The number of hydrogen-bond acceptors (Lipinski definition) is 6. The van der Waals surface area contributed by atoms with Crippen LogP contribution in [0.25, 0.3) is 22.0 Å². The van der Waals surface area contributed by atoms with Gasteiger partial charge in [-0.15, -0.1) is 0 Å². The minimum absolute atomic E-state index is 0.353. The zero-order chi connectivity index (χ0) is 24.9. The number of primary amides is 1. The third kappa shape index (κ3) is 4.65. The van der Waals surface area contributed by atoms with E-state index in [1.54, 1.807) is 30.4 Å². The van der Waals surface area contributed by atoms with E-state index >= 15 is 0 Å². The lowest BCUT2D eigenvalue weighted by Crippen LogP contribution is -2.35. The lowest BCUT2D eigenvalue weighted by molar-refractivity contribution is 0.253. The Balaban J connectivity index is 1.55. The van der Waals surface area contributed by atoms with Crippen molar-refractivity contribution in [3.8, 4) is 22.9 Å². The molecule has 0 saturated heterocycles. The van der Waals surface area contributed by atoms with Crippen LogP contribution in [0.3, 0.4) is 0 Å². The maximum absolute atomic E-state index is 12.5. The molecule has 0 spiro atoms. The van der Waals surface area contributed by atoms with Crippen molar-refractivity contribution in [1.29, 1.82) is 0 Å². The smallest absolute Gasteiger partial charge is 0.319 e. The summed E-state index contributed by atoms with van der Waals surface area (Å²) in [6.07, 6.45) is 3.35. The Bertz CT molecular complexity index is 1520. The fourth-order valence-electron chi connectivity index (χ4n) is 4.03. The number of benzene rings is 3. The summed E-state index contributed by atoms with van der Waals surface area (Å²) in [5.41, 5.74) is 8.89. The molecular weight excluding hydrogens is 452 g/mol. The molecule has 3 aromatic carbocycles. The van der Waals surface area contributed by atoms with Crippen molar-refractivity contribution < 1.29 is 9.53 Å². The first-order chi connectivity index (χ1) is 17.6.